The summed E-state index contributed by atoms with van der Waals surface area (Å²) in [5.74, 6) is -1.64. The van der Waals surface area contributed by atoms with Crippen molar-refractivity contribution < 1.29 is 23.5 Å². The number of carbonyl (C=O) groups is 2. The molecular formula is C31H31F2N7O3. The van der Waals surface area contributed by atoms with Gasteiger partial charge in [0.15, 0.2) is 23.0 Å². The van der Waals surface area contributed by atoms with E-state index in [0.717, 1.165) is 29.8 Å². The lowest BCUT2D eigenvalue weighted by atomic mass is 9.82. The molecule has 7 rings (SSSR count). The molecule has 3 aliphatic heterocycles. The molecule has 0 aliphatic carbocycles. The van der Waals surface area contributed by atoms with Gasteiger partial charge in [-0.25, -0.2) is 28.1 Å². The first-order valence-electron chi connectivity index (χ1n) is 14.4. The van der Waals surface area contributed by atoms with Crippen LogP contribution in [0.15, 0.2) is 48.7 Å². The number of pyridine rings is 2. The molecule has 3 aliphatic rings. The molecule has 12 heteroatoms. The van der Waals surface area contributed by atoms with Gasteiger partial charge in [-0.2, -0.15) is 0 Å². The minimum atomic E-state index is -1.05. The molecule has 1 aromatic carbocycles. The van der Waals surface area contributed by atoms with Crippen LogP contribution in [0.25, 0.3) is 5.65 Å². The Morgan fingerprint density at radius 2 is 1.74 bits per heavy atom. The normalized spacial score (nSPS) is 23.4. The number of anilines is 2. The molecule has 4 aromatic rings. The second kappa shape index (κ2) is 9.99. The van der Waals surface area contributed by atoms with E-state index in [4.69, 9.17) is 0 Å². The first-order valence-corrected chi connectivity index (χ1v) is 14.4. The summed E-state index contributed by atoms with van der Waals surface area (Å²) >= 11 is 0. The first-order chi connectivity index (χ1) is 20.6. The number of fused-ring (bicyclic) bond motifs is 2. The zero-order chi connectivity index (χ0) is 30.0. The molecule has 0 bridgehead atoms. The van der Waals surface area contributed by atoms with E-state index in [2.05, 4.69) is 31.8 Å². The maximum atomic E-state index is 14.0. The number of likely N-dealkylation sites (tertiary alicyclic amines) is 1. The molecule has 1 N–H and O–H groups in total. The molecule has 222 valence electrons. The fraction of sp³-hybridized carbons (Fsp3) is 0.387. The van der Waals surface area contributed by atoms with Crippen molar-refractivity contribution in [1.82, 2.24) is 24.5 Å². The molecular weight excluding hydrogens is 556 g/mol. The molecule has 6 heterocycles. The number of amides is 1. The number of hydrogen-bond acceptors (Lipinski definition) is 7. The highest BCUT2D eigenvalue weighted by Crippen LogP contribution is 2.38. The van der Waals surface area contributed by atoms with Crippen LogP contribution in [0.5, 0.6) is 0 Å². The SMILES string of the molecule is Cc1cc(N2CCC(C)(c3ccc(F)c(F)c3)C2)cn2nc(C(=O)N3C[C@@H]4CN(c5cccc(C(=O)O)n5)C[C@@H]4C3)nc12. The number of nitrogens with zero attached hydrogens (tertiary/aromatic N) is 7. The summed E-state index contributed by atoms with van der Waals surface area (Å²) in [6.07, 6.45) is 2.66. The van der Waals surface area contributed by atoms with Gasteiger partial charge in [0.05, 0.1) is 11.9 Å². The number of aromatic carboxylic acids is 1. The fourth-order valence-corrected chi connectivity index (χ4v) is 6.89. The van der Waals surface area contributed by atoms with Crippen molar-refractivity contribution >= 4 is 29.0 Å². The number of aromatic nitrogens is 4. The molecule has 3 aromatic heterocycles. The van der Waals surface area contributed by atoms with Crippen LogP contribution in [0.2, 0.25) is 0 Å². The number of benzene rings is 1. The van der Waals surface area contributed by atoms with E-state index < -0.39 is 17.6 Å². The predicted molar refractivity (Wildman–Crippen MR) is 155 cm³/mol. The monoisotopic (exact) mass is 587 g/mol. The third-order valence-corrected chi connectivity index (χ3v) is 9.30. The molecule has 0 spiro atoms. The van der Waals surface area contributed by atoms with E-state index in [0.29, 0.717) is 44.2 Å². The van der Waals surface area contributed by atoms with E-state index in [1.807, 2.05) is 30.2 Å². The van der Waals surface area contributed by atoms with Crippen LogP contribution in [-0.2, 0) is 5.41 Å². The molecule has 43 heavy (non-hydrogen) atoms. The van der Waals surface area contributed by atoms with Gasteiger partial charge in [0.2, 0.25) is 5.82 Å². The second-order valence-corrected chi connectivity index (χ2v) is 12.3. The van der Waals surface area contributed by atoms with Crippen molar-refractivity contribution in [2.75, 3.05) is 49.1 Å². The Balaban J connectivity index is 1.05. The molecule has 0 saturated carbocycles. The summed E-state index contributed by atoms with van der Waals surface area (Å²) in [5, 5.41) is 13.8. The van der Waals surface area contributed by atoms with E-state index in [1.54, 1.807) is 16.6 Å². The largest absolute Gasteiger partial charge is 0.477 e. The van der Waals surface area contributed by atoms with E-state index >= 15 is 0 Å². The highest BCUT2D eigenvalue weighted by Gasteiger charge is 2.43. The predicted octanol–water partition coefficient (Wildman–Crippen LogP) is 3.79. The zero-order valence-electron chi connectivity index (χ0n) is 23.9. The topological polar surface area (TPSA) is 107 Å². The minimum Gasteiger partial charge on any atom is -0.477 e. The number of carbonyl (C=O) groups excluding carboxylic acids is 1. The molecule has 1 amide bonds. The maximum Gasteiger partial charge on any atom is 0.354 e. The van der Waals surface area contributed by atoms with E-state index in [-0.39, 0.29) is 34.7 Å². The molecule has 10 nitrogen and oxygen atoms in total. The molecule has 3 atom stereocenters. The first kappa shape index (κ1) is 27.2. The van der Waals surface area contributed by atoms with Gasteiger partial charge in [-0.05, 0) is 54.8 Å². The summed E-state index contributed by atoms with van der Waals surface area (Å²) in [5.41, 5.74) is 2.88. The highest BCUT2D eigenvalue weighted by molar-refractivity contribution is 5.91. The lowest BCUT2D eigenvalue weighted by molar-refractivity contribution is 0.0689. The Bertz CT molecular complexity index is 1760. The van der Waals surface area contributed by atoms with Gasteiger partial charge in [-0.1, -0.05) is 19.1 Å². The summed E-state index contributed by atoms with van der Waals surface area (Å²) in [4.78, 5) is 39.8. The van der Waals surface area contributed by atoms with Crippen molar-refractivity contribution in [2.45, 2.75) is 25.7 Å². The average molecular weight is 588 g/mol. The Labute approximate surface area is 246 Å². The van der Waals surface area contributed by atoms with Crippen LogP contribution in [0.1, 0.15) is 45.6 Å². The number of carboxylic acids is 1. The van der Waals surface area contributed by atoms with Gasteiger partial charge in [0, 0.05) is 56.5 Å². The lowest BCUT2D eigenvalue weighted by Crippen LogP contribution is -2.34. The molecule has 3 fully saturated rings. The standard InChI is InChI=1S/C31H31F2N7O3/c1-18-10-22(37-9-8-31(2,17-37)21-6-7-23(32)24(33)11-21)16-40-28(18)35-27(36-40)29(41)39-14-19-12-38(13-20(19)15-39)26-5-3-4-25(34-26)30(42)43/h3-7,10-11,16,19-20H,8-9,12-15,17H2,1-2H3,(H,42,43)/t19-,20+,31?. The van der Waals surface area contributed by atoms with Crippen molar-refractivity contribution in [1.29, 1.82) is 0 Å². The summed E-state index contributed by atoms with van der Waals surface area (Å²) in [6, 6.07) is 11.2. The van der Waals surface area contributed by atoms with Crippen molar-refractivity contribution in [3.63, 3.8) is 0 Å². The Morgan fingerprint density at radius 3 is 2.47 bits per heavy atom. The van der Waals surface area contributed by atoms with Crippen LogP contribution >= 0.6 is 0 Å². The van der Waals surface area contributed by atoms with Crippen LogP contribution < -0.4 is 9.80 Å². The van der Waals surface area contributed by atoms with E-state index in [1.165, 1.54) is 18.2 Å². The van der Waals surface area contributed by atoms with E-state index in [9.17, 15) is 23.5 Å². The Hall–Kier alpha value is -4.61. The van der Waals surface area contributed by atoms with Crippen LogP contribution in [-0.4, -0.2) is 80.7 Å². The third-order valence-electron chi connectivity index (χ3n) is 9.30. The number of rotatable bonds is 5. The second-order valence-electron chi connectivity index (χ2n) is 12.3. The van der Waals surface area contributed by atoms with Crippen LogP contribution in [0.3, 0.4) is 0 Å². The summed E-state index contributed by atoms with van der Waals surface area (Å²) in [6.45, 7) is 7.93. The third kappa shape index (κ3) is 4.74. The van der Waals surface area contributed by atoms with Crippen molar-refractivity contribution in [3.8, 4) is 0 Å². The number of aryl methyl sites for hydroxylation is 1. The van der Waals surface area contributed by atoms with Crippen molar-refractivity contribution in [2.24, 2.45) is 11.8 Å². The van der Waals surface area contributed by atoms with Gasteiger partial charge in [-0.3, -0.25) is 4.79 Å². The quantitative estimate of drug-likeness (QED) is 0.376. The molecule has 3 saturated heterocycles. The summed E-state index contributed by atoms with van der Waals surface area (Å²) < 4.78 is 29.1. The molecule has 1 unspecified atom stereocenters. The smallest absolute Gasteiger partial charge is 0.354 e. The van der Waals surface area contributed by atoms with Crippen LogP contribution in [0, 0.1) is 30.4 Å². The number of hydrogen-bond donors (Lipinski definition) is 1. The lowest BCUT2D eigenvalue weighted by Gasteiger charge is -2.26. The van der Waals surface area contributed by atoms with Crippen LogP contribution in [0.4, 0.5) is 20.3 Å². The summed E-state index contributed by atoms with van der Waals surface area (Å²) in [7, 11) is 0. The molecule has 0 radical (unpaired) electrons. The average Bonchev–Trinajstić information content (AvgIpc) is 3.77. The number of halogens is 2. The fourth-order valence-electron chi connectivity index (χ4n) is 6.89. The van der Waals surface area contributed by atoms with Gasteiger partial charge in [-0.15, -0.1) is 5.10 Å². The van der Waals surface area contributed by atoms with Gasteiger partial charge in [0.1, 0.15) is 5.82 Å². The van der Waals surface area contributed by atoms with Gasteiger partial charge < -0.3 is 19.8 Å². The van der Waals surface area contributed by atoms with Gasteiger partial charge >= 0.3 is 5.97 Å². The zero-order valence-corrected chi connectivity index (χ0v) is 23.9. The maximum absolute atomic E-state index is 14.0. The van der Waals surface area contributed by atoms with Gasteiger partial charge in [0.25, 0.3) is 5.91 Å². The Kier molecular flexibility index (Phi) is 6.33. The highest BCUT2D eigenvalue weighted by atomic mass is 19.2. The number of carboxylic acid groups (broad SMARTS) is 1. The minimum absolute atomic E-state index is 0.0183. The van der Waals surface area contributed by atoms with Crippen molar-refractivity contribution in [3.05, 3.63) is 82.9 Å². The Morgan fingerprint density at radius 1 is 0.977 bits per heavy atom.